The fourth-order valence-electron chi connectivity index (χ4n) is 2.86. The number of carbonyl (C=O) groups excluding carboxylic acids is 1. The van der Waals surface area contributed by atoms with E-state index in [1.54, 1.807) is 18.2 Å². The van der Waals surface area contributed by atoms with E-state index in [4.69, 9.17) is 0 Å². The number of carbonyl (C=O) groups is 1. The quantitative estimate of drug-likeness (QED) is 0.614. The first-order valence-electron chi connectivity index (χ1n) is 8.42. The molecule has 0 aliphatic rings. The number of rotatable bonds is 5. The first-order chi connectivity index (χ1) is 12.6. The van der Waals surface area contributed by atoms with Gasteiger partial charge in [-0.1, -0.05) is 48.5 Å². The van der Waals surface area contributed by atoms with E-state index in [-0.39, 0.29) is 19.1 Å². The van der Waals surface area contributed by atoms with Gasteiger partial charge in [0.25, 0.3) is 0 Å². The van der Waals surface area contributed by atoms with Crippen LogP contribution in [0.25, 0.3) is 16.3 Å². The second-order valence-corrected chi connectivity index (χ2v) is 6.19. The summed E-state index contributed by atoms with van der Waals surface area (Å²) in [5, 5.41) is 23.7. The number of benzene rings is 3. The molecule has 1 amide bonds. The average Bonchev–Trinajstić information content (AvgIpc) is 2.67. The molecule has 26 heavy (non-hydrogen) atoms. The summed E-state index contributed by atoms with van der Waals surface area (Å²) in [5.41, 5.74) is 3.61. The van der Waals surface area contributed by atoms with E-state index in [1.807, 2.05) is 37.3 Å². The van der Waals surface area contributed by atoms with Crippen LogP contribution in [0.2, 0.25) is 0 Å². The molecule has 0 aromatic heterocycles. The molecule has 0 spiro atoms. The summed E-state index contributed by atoms with van der Waals surface area (Å²) in [6.07, 6.45) is 1.54. The number of anilines is 1. The van der Waals surface area contributed by atoms with Crippen molar-refractivity contribution in [1.29, 1.82) is 0 Å². The number of allylic oxidation sites excluding steroid dienone is 1. The zero-order valence-corrected chi connectivity index (χ0v) is 14.6. The Morgan fingerprint density at radius 2 is 1.73 bits per heavy atom. The summed E-state index contributed by atoms with van der Waals surface area (Å²) >= 11 is 0. The number of amides is 1. The standard InChI is InChI=1S/C22H21NO3/c1-15(18-9-8-17-4-2-3-5-19(17)12-18)10-22(26)23-21-11-16(13-24)6-7-20(21)14-25/h2-12,24-25H,13-14H2,1H3,(H,23,26). The van der Waals surface area contributed by atoms with Crippen LogP contribution in [0.4, 0.5) is 5.69 Å². The van der Waals surface area contributed by atoms with Gasteiger partial charge in [-0.15, -0.1) is 0 Å². The first kappa shape index (κ1) is 17.9. The molecule has 4 heteroatoms. The maximum absolute atomic E-state index is 12.4. The highest BCUT2D eigenvalue weighted by Gasteiger charge is 2.07. The highest BCUT2D eigenvalue weighted by Crippen LogP contribution is 2.22. The fourth-order valence-corrected chi connectivity index (χ4v) is 2.86. The van der Waals surface area contributed by atoms with E-state index in [0.717, 1.165) is 21.9 Å². The van der Waals surface area contributed by atoms with Gasteiger partial charge in [0.15, 0.2) is 0 Å². The van der Waals surface area contributed by atoms with Crippen LogP contribution in [0, 0.1) is 0 Å². The third-order valence-corrected chi connectivity index (χ3v) is 4.34. The maximum atomic E-state index is 12.4. The predicted octanol–water partition coefficient (Wildman–Crippen LogP) is 3.87. The molecule has 3 aromatic carbocycles. The summed E-state index contributed by atoms with van der Waals surface area (Å²) in [4.78, 5) is 12.4. The van der Waals surface area contributed by atoms with E-state index in [0.29, 0.717) is 16.8 Å². The van der Waals surface area contributed by atoms with Crippen molar-refractivity contribution in [1.82, 2.24) is 0 Å². The molecule has 3 rings (SSSR count). The van der Waals surface area contributed by atoms with E-state index in [2.05, 4.69) is 17.4 Å². The van der Waals surface area contributed by atoms with Gasteiger partial charge in [0.2, 0.25) is 5.91 Å². The number of hydrogen-bond donors (Lipinski definition) is 3. The number of aliphatic hydroxyl groups excluding tert-OH is 2. The number of nitrogens with one attached hydrogen (secondary N) is 1. The van der Waals surface area contributed by atoms with Gasteiger partial charge in [0.1, 0.15) is 0 Å². The van der Waals surface area contributed by atoms with Crippen LogP contribution in [0.5, 0.6) is 0 Å². The largest absolute Gasteiger partial charge is 0.392 e. The normalized spacial score (nSPS) is 11.6. The molecule has 0 unspecified atom stereocenters. The van der Waals surface area contributed by atoms with E-state index >= 15 is 0 Å². The van der Waals surface area contributed by atoms with Crippen molar-refractivity contribution in [2.45, 2.75) is 20.1 Å². The van der Waals surface area contributed by atoms with Crippen LogP contribution in [-0.2, 0) is 18.0 Å². The third-order valence-electron chi connectivity index (χ3n) is 4.34. The Labute approximate surface area is 152 Å². The molecule has 3 aromatic rings. The van der Waals surface area contributed by atoms with Crippen molar-refractivity contribution < 1.29 is 15.0 Å². The Kier molecular flexibility index (Phi) is 5.46. The molecule has 0 heterocycles. The smallest absolute Gasteiger partial charge is 0.248 e. The molecule has 3 N–H and O–H groups in total. The van der Waals surface area contributed by atoms with Crippen molar-refractivity contribution in [2.24, 2.45) is 0 Å². The molecule has 0 saturated carbocycles. The lowest BCUT2D eigenvalue weighted by Gasteiger charge is -2.10. The van der Waals surface area contributed by atoms with Gasteiger partial charge in [-0.2, -0.15) is 0 Å². The molecule has 4 nitrogen and oxygen atoms in total. The average molecular weight is 347 g/mol. The van der Waals surface area contributed by atoms with Crippen molar-refractivity contribution in [3.05, 3.63) is 83.4 Å². The van der Waals surface area contributed by atoms with Gasteiger partial charge in [-0.05, 0) is 46.5 Å². The highest BCUT2D eigenvalue weighted by molar-refractivity contribution is 6.04. The Balaban J connectivity index is 1.83. The molecule has 0 aliphatic carbocycles. The molecule has 0 saturated heterocycles. The second-order valence-electron chi connectivity index (χ2n) is 6.19. The molecule has 0 radical (unpaired) electrons. The summed E-state index contributed by atoms with van der Waals surface area (Å²) in [7, 11) is 0. The molecule has 0 aliphatic heterocycles. The maximum Gasteiger partial charge on any atom is 0.248 e. The minimum atomic E-state index is -0.277. The Hall–Kier alpha value is -2.95. The van der Waals surface area contributed by atoms with Gasteiger partial charge >= 0.3 is 0 Å². The molecule has 132 valence electrons. The van der Waals surface area contributed by atoms with Crippen LogP contribution in [-0.4, -0.2) is 16.1 Å². The molecular formula is C22H21NO3. The lowest BCUT2D eigenvalue weighted by molar-refractivity contribution is -0.111. The summed E-state index contributed by atoms with van der Waals surface area (Å²) in [5.74, 6) is -0.277. The lowest BCUT2D eigenvalue weighted by Crippen LogP contribution is -2.11. The fraction of sp³-hybridized carbons (Fsp3) is 0.136. The zero-order valence-electron chi connectivity index (χ0n) is 14.6. The van der Waals surface area contributed by atoms with Gasteiger partial charge in [-0.3, -0.25) is 4.79 Å². The third kappa shape index (κ3) is 3.99. The van der Waals surface area contributed by atoms with Gasteiger partial charge < -0.3 is 15.5 Å². The number of aliphatic hydroxyl groups is 2. The van der Waals surface area contributed by atoms with E-state index in [1.165, 1.54) is 6.08 Å². The van der Waals surface area contributed by atoms with Crippen LogP contribution in [0.1, 0.15) is 23.6 Å². The van der Waals surface area contributed by atoms with Crippen LogP contribution >= 0.6 is 0 Å². The Bertz CT molecular complexity index is 976. The second kappa shape index (κ2) is 7.95. The highest BCUT2D eigenvalue weighted by atomic mass is 16.3. The van der Waals surface area contributed by atoms with Crippen LogP contribution < -0.4 is 5.32 Å². The zero-order chi connectivity index (χ0) is 18.5. The predicted molar refractivity (Wildman–Crippen MR) is 105 cm³/mol. The minimum Gasteiger partial charge on any atom is -0.392 e. The van der Waals surface area contributed by atoms with E-state index < -0.39 is 0 Å². The van der Waals surface area contributed by atoms with Crippen molar-refractivity contribution in [2.75, 3.05) is 5.32 Å². The summed E-state index contributed by atoms with van der Waals surface area (Å²) in [6, 6.07) is 19.2. The molecule has 0 atom stereocenters. The van der Waals surface area contributed by atoms with Crippen molar-refractivity contribution in [3.63, 3.8) is 0 Å². The van der Waals surface area contributed by atoms with Crippen molar-refractivity contribution in [3.8, 4) is 0 Å². The van der Waals surface area contributed by atoms with E-state index in [9.17, 15) is 15.0 Å². The molecular weight excluding hydrogens is 326 g/mol. The number of hydrogen-bond acceptors (Lipinski definition) is 3. The molecule has 0 fully saturated rings. The topological polar surface area (TPSA) is 69.6 Å². The van der Waals surface area contributed by atoms with Gasteiger partial charge in [0.05, 0.1) is 13.2 Å². The van der Waals surface area contributed by atoms with Crippen molar-refractivity contribution >= 4 is 27.9 Å². The van der Waals surface area contributed by atoms with Crippen LogP contribution in [0.3, 0.4) is 0 Å². The van der Waals surface area contributed by atoms with Crippen LogP contribution in [0.15, 0.2) is 66.7 Å². The number of fused-ring (bicyclic) bond motifs is 1. The lowest BCUT2D eigenvalue weighted by atomic mass is 10.0. The minimum absolute atomic E-state index is 0.124. The van der Waals surface area contributed by atoms with Gasteiger partial charge in [0, 0.05) is 17.3 Å². The summed E-state index contributed by atoms with van der Waals surface area (Å²) in [6.45, 7) is 1.58. The van der Waals surface area contributed by atoms with Gasteiger partial charge in [-0.25, -0.2) is 0 Å². The first-order valence-corrected chi connectivity index (χ1v) is 8.42. The summed E-state index contributed by atoms with van der Waals surface area (Å²) < 4.78 is 0. The monoisotopic (exact) mass is 347 g/mol. The Morgan fingerprint density at radius 3 is 2.46 bits per heavy atom. The molecule has 0 bridgehead atoms. The Morgan fingerprint density at radius 1 is 0.962 bits per heavy atom. The SMILES string of the molecule is CC(=CC(=O)Nc1cc(CO)ccc1CO)c1ccc2ccccc2c1.